The highest BCUT2D eigenvalue weighted by atomic mass is 32.2. The number of amides is 1. The zero-order valence-corrected chi connectivity index (χ0v) is 12.6. The van der Waals surface area contributed by atoms with Gasteiger partial charge in [0.25, 0.3) is 0 Å². The molecule has 0 saturated carbocycles. The molecule has 0 aliphatic carbocycles. The first-order chi connectivity index (χ1) is 9.36. The molecule has 1 amide bonds. The molecule has 1 saturated heterocycles. The highest BCUT2D eigenvalue weighted by Crippen LogP contribution is 2.24. The summed E-state index contributed by atoms with van der Waals surface area (Å²) in [5.41, 5.74) is 0. The Kier molecular flexibility index (Phi) is 7.11. The molecule has 4 nitrogen and oxygen atoms in total. The molecule has 0 aromatic heterocycles. The largest absolute Gasteiger partial charge is 0.405 e. The van der Waals surface area contributed by atoms with Crippen LogP contribution in [0.3, 0.4) is 0 Å². The molecule has 0 bridgehead atoms. The fourth-order valence-electron chi connectivity index (χ4n) is 2.14. The van der Waals surface area contributed by atoms with Crippen LogP contribution in [0.1, 0.15) is 6.92 Å². The zero-order valence-electron chi connectivity index (χ0n) is 11.8. The minimum Gasteiger partial charge on any atom is -0.354 e. The first kappa shape index (κ1) is 17.6. The van der Waals surface area contributed by atoms with E-state index in [1.54, 1.807) is 6.92 Å². The molecule has 118 valence electrons. The van der Waals surface area contributed by atoms with Crippen LogP contribution in [0.15, 0.2) is 0 Å². The summed E-state index contributed by atoms with van der Waals surface area (Å²) in [5, 5.41) is 5.46. The lowest BCUT2D eigenvalue weighted by Gasteiger charge is -2.36. The number of halogens is 3. The summed E-state index contributed by atoms with van der Waals surface area (Å²) in [5.74, 6) is 0.0153. The van der Waals surface area contributed by atoms with Crippen LogP contribution >= 0.6 is 11.8 Å². The number of nitrogens with zero attached hydrogens (tertiary/aromatic N) is 1. The Labute approximate surface area is 121 Å². The highest BCUT2D eigenvalue weighted by Gasteiger charge is 2.43. The molecule has 2 unspecified atom stereocenters. The van der Waals surface area contributed by atoms with E-state index in [2.05, 4.69) is 10.6 Å². The molecule has 1 fully saturated rings. The van der Waals surface area contributed by atoms with Gasteiger partial charge in [0.1, 0.15) is 6.04 Å². The van der Waals surface area contributed by atoms with E-state index < -0.39 is 12.2 Å². The Morgan fingerprint density at radius 2 is 2.00 bits per heavy atom. The summed E-state index contributed by atoms with van der Waals surface area (Å²) in [4.78, 5) is 13.1. The molecule has 0 aromatic carbocycles. The second kappa shape index (κ2) is 8.09. The number of alkyl halides is 3. The number of hydrogen-bond acceptors (Lipinski definition) is 4. The van der Waals surface area contributed by atoms with Crippen molar-refractivity contribution >= 4 is 17.7 Å². The Bertz CT molecular complexity index is 309. The summed E-state index contributed by atoms with van der Waals surface area (Å²) in [6, 6.07) is -1.60. The molecule has 0 radical (unpaired) electrons. The van der Waals surface area contributed by atoms with E-state index in [0.29, 0.717) is 31.9 Å². The number of thioether (sulfide) groups is 1. The van der Waals surface area contributed by atoms with Crippen molar-refractivity contribution in [1.82, 2.24) is 15.5 Å². The van der Waals surface area contributed by atoms with Crippen molar-refractivity contribution in [3.05, 3.63) is 0 Å². The normalized spacial score (nSPS) is 20.4. The van der Waals surface area contributed by atoms with E-state index in [1.807, 2.05) is 6.26 Å². The highest BCUT2D eigenvalue weighted by molar-refractivity contribution is 7.98. The van der Waals surface area contributed by atoms with Gasteiger partial charge in [0.15, 0.2) is 0 Å². The van der Waals surface area contributed by atoms with Gasteiger partial charge in [-0.1, -0.05) is 6.92 Å². The van der Waals surface area contributed by atoms with Crippen LogP contribution in [0.5, 0.6) is 0 Å². The van der Waals surface area contributed by atoms with Crippen molar-refractivity contribution in [3.63, 3.8) is 0 Å². The molecule has 20 heavy (non-hydrogen) atoms. The van der Waals surface area contributed by atoms with Crippen molar-refractivity contribution < 1.29 is 18.0 Å². The Hall–Kier alpha value is -0.470. The minimum atomic E-state index is -4.33. The first-order valence-electron chi connectivity index (χ1n) is 6.64. The number of carbonyl (C=O) groups is 1. The van der Waals surface area contributed by atoms with Crippen LogP contribution in [0, 0.1) is 5.92 Å². The Morgan fingerprint density at radius 3 is 2.50 bits per heavy atom. The summed E-state index contributed by atoms with van der Waals surface area (Å²) < 4.78 is 39.3. The second-order valence-corrected chi connectivity index (χ2v) is 5.86. The number of rotatable bonds is 6. The average molecular weight is 313 g/mol. The third-order valence-corrected chi connectivity index (χ3v) is 4.14. The van der Waals surface area contributed by atoms with Gasteiger partial charge in [0.2, 0.25) is 5.91 Å². The maximum Gasteiger partial charge on any atom is 0.405 e. The molecule has 0 spiro atoms. The lowest BCUT2D eigenvalue weighted by Crippen LogP contribution is -2.57. The maximum absolute atomic E-state index is 13.1. The van der Waals surface area contributed by atoms with Gasteiger partial charge in [-0.05, 0) is 6.26 Å². The van der Waals surface area contributed by atoms with E-state index in [9.17, 15) is 18.0 Å². The van der Waals surface area contributed by atoms with E-state index in [1.165, 1.54) is 16.7 Å². The molecular weight excluding hydrogens is 291 g/mol. The molecule has 1 aliphatic rings. The lowest BCUT2D eigenvalue weighted by molar-refractivity contribution is -0.184. The van der Waals surface area contributed by atoms with Crippen LogP contribution in [0.4, 0.5) is 13.2 Å². The fraction of sp³-hybridized carbons (Fsp3) is 0.917. The zero-order chi connectivity index (χ0) is 15.2. The Morgan fingerprint density at radius 1 is 1.40 bits per heavy atom. The van der Waals surface area contributed by atoms with E-state index in [0.717, 1.165) is 0 Å². The molecule has 2 atom stereocenters. The lowest BCUT2D eigenvalue weighted by atomic mass is 10.1. The third-order valence-electron chi connectivity index (χ3n) is 3.30. The summed E-state index contributed by atoms with van der Waals surface area (Å²) in [6.45, 7) is 3.13. The van der Waals surface area contributed by atoms with Gasteiger partial charge in [-0.25, -0.2) is 0 Å². The van der Waals surface area contributed by atoms with Gasteiger partial charge in [-0.15, -0.1) is 0 Å². The van der Waals surface area contributed by atoms with E-state index >= 15 is 0 Å². The second-order valence-electron chi connectivity index (χ2n) is 4.94. The summed E-state index contributed by atoms with van der Waals surface area (Å²) in [6.07, 6.45) is -2.46. The maximum atomic E-state index is 13.1. The van der Waals surface area contributed by atoms with Crippen molar-refractivity contribution in [2.45, 2.75) is 19.1 Å². The minimum absolute atomic E-state index is 0.276. The van der Waals surface area contributed by atoms with Crippen LogP contribution in [0.25, 0.3) is 0 Å². The van der Waals surface area contributed by atoms with Crippen LogP contribution in [0.2, 0.25) is 0 Å². The van der Waals surface area contributed by atoms with Crippen molar-refractivity contribution in [3.8, 4) is 0 Å². The van der Waals surface area contributed by atoms with Gasteiger partial charge in [0.05, 0.1) is 0 Å². The fourth-order valence-corrected chi connectivity index (χ4v) is 2.79. The number of piperazine rings is 1. The number of hydrogen-bond donors (Lipinski definition) is 2. The number of carbonyl (C=O) groups excluding carboxylic acids is 1. The average Bonchev–Trinajstić information content (AvgIpc) is 2.38. The molecule has 1 aliphatic heterocycles. The van der Waals surface area contributed by atoms with Gasteiger partial charge >= 0.3 is 6.18 Å². The SMILES string of the molecule is CSCC(C)C(=O)NCC(N1CCNCC1)C(F)(F)F. The standard InChI is InChI=1S/C12H22F3N3OS/c1-9(8-20-2)11(19)17-7-10(12(13,14)15)18-5-3-16-4-6-18/h9-10,16H,3-8H2,1-2H3,(H,17,19). The molecule has 8 heteroatoms. The molecular formula is C12H22F3N3OS. The van der Waals surface area contributed by atoms with Crippen molar-refractivity contribution in [2.24, 2.45) is 5.92 Å². The number of nitrogens with one attached hydrogen (secondary N) is 2. The van der Waals surface area contributed by atoms with Crippen LogP contribution in [-0.4, -0.2) is 67.8 Å². The topological polar surface area (TPSA) is 44.4 Å². The monoisotopic (exact) mass is 313 g/mol. The van der Waals surface area contributed by atoms with Crippen LogP contribution in [-0.2, 0) is 4.79 Å². The van der Waals surface area contributed by atoms with Gasteiger partial charge in [-0.3, -0.25) is 9.69 Å². The van der Waals surface area contributed by atoms with Gasteiger partial charge in [0, 0.05) is 44.4 Å². The molecule has 1 rings (SSSR count). The van der Waals surface area contributed by atoms with Crippen molar-refractivity contribution in [1.29, 1.82) is 0 Å². The first-order valence-corrected chi connectivity index (χ1v) is 8.03. The van der Waals surface area contributed by atoms with E-state index in [-0.39, 0.29) is 18.4 Å². The smallest absolute Gasteiger partial charge is 0.354 e. The summed E-state index contributed by atoms with van der Waals surface area (Å²) >= 11 is 1.50. The molecule has 2 N–H and O–H groups in total. The van der Waals surface area contributed by atoms with Crippen LogP contribution < -0.4 is 10.6 Å². The molecule has 0 aromatic rings. The van der Waals surface area contributed by atoms with E-state index in [4.69, 9.17) is 0 Å². The molecule has 1 heterocycles. The van der Waals surface area contributed by atoms with Gasteiger partial charge in [-0.2, -0.15) is 24.9 Å². The van der Waals surface area contributed by atoms with Crippen molar-refractivity contribution in [2.75, 3.05) is 44.7 Å². The predicted octanol–water partition coefficient (Wildman–Crippen LogP) is 0.938. The van der Waals surface area contributed by atoms with Gasteiger partial charge < -0.3 is 10.6 Å². The summed E-state index contributed by atoms with van der Waals surface area (Å²) in [7, 11) is 0. The quantitative estimate of drug-likeness (QED) is 0.766. The predicted molar refractivity (Wildman–Crippen MR) is 74.8 cm³/mol. The third kappa shape index (κ3) is 5.49. The Balaban J connectivity index is 2.55.